The molecule has 0 aliphatic rings. The maximum atomic E-state index is 11.3. The third-order valence-electron chi connectivity index (χ3n) is 2.71. The number of hydrogen-bond donors (Lipinski definition) is 1. The first-order chi connectivity index (χ1) is 8.86. The molecule has 102 valence electrons. The van der Waals surface area contributed by atoms with Crippen molar-refractivity contribution in [1.82, 2.24) is 15.0 Å². The summed E-state index contributed by atoms with van der Waals surface area (Å²) in [6.07, 6.45) is 2.12. The first-order valence-electron chi connectivity index (χ1n) is 5.71. The first kappa shape index (κ1) is 13.7. The molecule has 1 unspecified atom stereocenters. The van der Waals surface area contributed by atoms with Gasteiger partial charge in [0.25, 0.3) is 0 Å². The van der Waals surface area contributed by atoms with Crippen LogP contribution in [-0.4, -0.2) is 34.8 Å². The maximum Gasteiger partial charge on any atom is 0.175 e. The van der Waals surface area contributed by atoms with Gasteiger partial charge in [-0.25, -0.2) is 13.1 Å². The molecule has 0 bridgehead atoms. The smallest absolute Gasteiger partial charge is 0.175 e. The van der Waals surface area contributed by atoms with E-state index in [4.69, 9.17) is 0 Å². The summed E-state index contributed by atoms with van der Waals surface area (Å²) in [5.74, 6) is 0. The highest BCUT2D eigenvalue weighted by atomic mass is 32.2. The van der Waals surface area contributed by atoms with Crippen LogP contribution < -0.4 is 0 Å². The van der Waals surface area contributed by atoms with E-state index in [1.165, 1.54) is 12.1 Å². The van der Waals surface area contributed by atoms with E-state index in [0.29, 0.717) is 5.56 Å². The molecule has 1 aromatic carbocycles. The zero-order valence-electron chi connectivity index (χ0n) is 10.7. The Bertz CT molecular complexity index is 662. The molecule has 0 saturated heterocycles. The van der Waals surface area contributed by atoms with Gasteiger partial charge in [0.05, 0.1) is 23.2 Å². The molecular formula is C12H15N3O3S. The van der Waals surface area contributed by atoms with E-state index in [2.05, 4.69) is 10.3 Å². The fourth-order valence-electron chi connectivity index (χ4n) is 1.70. The van der Waals surface area contributed by atoms with Crippen molar-refractivity contribution >= 4 is 9.84 Å². The van der Waals surface area contributed by atoms with Crippen molar-refractivity contribution in [1.29, 1.82) is 0 Å². The van der Waals surface area contributed by atoms with Crippen molar-refractivity contribution in [2.45, 2.75) is 24.5 Å². The molecule has 0 spiro atoms. The van der Waals surface area contributed by atoms with Crippen LogP contribution in [0.15, 0.2) is 35.4 Å². The lowest BCUT2D eigenvalue weighted by atomic mass is 10.1. The lowest BCUT2D eigenvalue weighted by Crippen LogP contribution is -2.09. The molecule has 1 N–H and O–H groups in total. The van der Waals surface area contributed by atoms with Crippen molar-refractivity contribution in [2.75, 3.05) is 6.26 Å². The van der Waals surface area contributed by atoms with Crippen LogP contribution in [0.2, 0.25) is 0 Å². The molecule has 0 saturated carbocycles. The molecule has 6 nitrogen and oxygen atoms in total. The van der Waals surface area contributed by atoms with Gasteiger partial charge in [0.15, 0.2) is 9.84 Å². The average molecular weight is 281 g/mol. The van der Waals surface area contributed by atoms with E-state index < -0.39 is 15.9 Å². The lowest BCUT2D eigenvalue weighted by Gasteiger charge is -2.11. The highest BCUT2D eigenvalue weighted by molar-refractivity contribution is 7.90. The number of aliphatic hydroxyl groups excluding tert-OH is 1. The molecular weight excluding hydrogens is 266 g/mol. The predicted octanol–water partition coefficient (Wildman–Crippen LogP) is 0.724. The molecule has 0 radical (unpaired) electrons. The SMILES string of the molecule is Cc1cn(CC(O)c2ccc(S(C)(=O)=O)cc2)nn1. The minimum atomic E-state index is -3.21. The second-order valence-electron chi connectivity index (χ2n) is 4.44. The highest BCUT2D eigenvalue weighted by Gasteiger charge is 2.12. The molecule has 2 rings (SSSR count). The van der Waals surface area contributed by atoms with Crippen LogP contribution in [-0.2, 0) is 16.4 Å². The number of aliphatic hydroxyl groups is 1. The zero-order valence-corrected chi connectivity index (χ0v) is 11.5. The molecule has 1 aromatic heterocycles. The van der Waals surface area contributed by atoms with Crippen molar-refractivity contribution in [2.24, 2.45) is 0 Å². The summed E-state index contributed by atoms with van der Waals surface area (Å²) in [7, 11) is -3.21. The van der Waals surface area contributed by atoms with Gasteiger partial charge in [0.2, 0.25) is 0 Å². The summed E-state index contributed by atoms with van der Waals surface area (Å²) in [5, 5.41) is 17.7. The van der Waals surface area contributed by atoms with Gasteiger partial charge in [-0.05, 0) is 24.6 Å². The summed E-state index contributed by atoms with van der Waals surface area (Å²) in [5.41, 5.74) is 1.42. The fourth-order valence-corrected chi connectivity index (χ4v) is 2.33. The van der Waals surface area contributed by atoms with Gasteiger partial charge in [-0.1, -0.05) is 17.3 Å². The molecule has 0 amide bonds. The molecule has 0 aliphatic heterocycles. The van der Waals surface area contributed by atoms with Crippen LogP contribution in [0.3, 0.4) is 0 Å². The van der Waals surface area contributed by atoms with Crippen LogP contribution in [0.4, 0.5) is 0 Å². The van der Waals surface area contributed by atoms with Crippen LogP contribution >= 0.6 is 0 Å². The highest BCUT2D eigenvalue weighted by Crippen LogP contribution is 2.17. The number of aromatic nitrogens is 3. The van der Waals surface area contributed by atoms with E-state index in [-0.39, 0.29) is 11.4 Å². The fraction of sp³-hybridized carbons (Fsp3) is 0.333. The number of nitrogens with zero attached hydrogens (tertiary/aromatic N) is 3. The Labute approximate surface area is 111 Å². The van der Waals surface area contributed by atoms with Crippen LogP contribution in [0.5, 0.6) is 0 Å². The molecule has 19 heavy (non-hydrogen) atoms. The summed E-state index contributed by atoms with van der Waals surface area (Å²) in [4.78, 5) is 0.236. The normalized spacial score (nSPS) is 13.4. The van der Waals surface area contributed by atoms with E-state index in [9.17, 15) is 13.5 Å². The largest absolute Gasteiger partial charge is 0.386 e. The van der Waals surface area contributed by atoms with Gasteiger partial charge in [0.1, 0.15) is 0 Å². The minimum absolute atomic E-state index is 0.236. The van der Waals surface area contributed by atoms with Gasteiger partial charge >= 0.3 is 0 Å². The Morgan fingerprint density at radius 3 is 2.42 bits per heavy atom. The van der Waals surface area contributed by atoms with Crippen LogP contribution in [0, 0.1) is 6.92 Å². The summed E-state index contributed by atoms with van der Waals surface area (Å²) >= 11 is 0. The Hall–Kier alpha value is -1.73. The standard InChI is InChI=1S/C12H15N3O3S/c1-9-7-15(14-13-9)8-12(16)10-3-5-11(6-4-10)19(2,17)18/h3-7,12,16H,8H2,1-2H3. The summed E-state index contributed by atoms with van der Waals surface area (Å²) in [6, 6.07) is 6.18. The van der Waals surface area contributed by atoms with Gasteiger partial charge in [-0.15, -0.1) is 5.10 Å². The van der Waals surface area contributed by atoms with Crippen molar-refractivity contribution in [3.05, 3.63) is 41.7 Å². The lowest BCUT2D eigenvalue weighted by molar-refractivity contribution is 0.150. The third kappa shape index (κ3) is 3.39. The van der Waals surface area contributed by atoms with Gasteiger partial charge < -0.3 is 5.11 Å². The second kappa shape index (κ2) is 5.10. The van der Waals surface area contributed by atoms with Gasteiger partial charge in [-0.3, -0.25) is 0 Å². The molecule has 1 atom stereocenters. The number of sulfone groups is 1. The van der Waals surface area contributed by atoms with Crippen LogP contribution in [0.1, 0.15) is 17.4 Å². The Balaban J connectivity index is 2.14. The zero-order chi connectivity index (χ0) is 14.0. The molecule has 2 aromatic rings. The van der Waals surface area contributed by atoms with Crippen molar-refractivity contribution < 1.29 is 13.5 Å². The first-order valence-corrected chi connectivity index (χ1v) is 7.60. The van der Waals surface area contributed by atoms with Gasteiger partial charge in [0, 0.05) is 12.5 Å². The maximum absolute atomic E-state index is 11.3. The summed E-state index contributed by atoms with van der Waals surface area (Å²) < 4.78 is 24.2. The van der Waals surface area contributed by atoms with Crippen molar-refractivity contribution in [3.63, 3.8) is 0 Å². The van der Waals surface area contributed by atoms with Gasteiger partial charge in [-0.2, -0.15) is 0 Å². The monoisotopic (exact) mass is 281 g/mol. The average Bonchev–Trinajstić information content (AvgIpc) is 2.74. The molecule has 7 heteroatoms. The number of benzene rings is 1. The number of aryl methyl sites for hydroxylation is 1. The molecule has 0 fully saturated rings. The number of rotatable bonds is 4. The third-order valence-corrected chi connectivity index (χ3v) is 3.83. The van der Waals surface area contributed by atoms with E-state index in [0.717, 1.165) is 11.9 Å². The minimum Gasteiger partial charge on any atom is -0.386 e. The van der Waals surface area contributed by atoms with Crippen LogP contribution in [0.25, 0.3) is 0 Å². The topological polar surface area (TPSA) is 85.1 Å². The Morgan fingerprint density at radius 1 is 1.32 bits per heavy atom. The predicted molar refractivity (Wildman–Crippen MR) is 69.3 cm³/mol. The summed E-state index contributed by atoms with van der Waals surface area (Å²) in [6.45, 7) is 2.09. The molecule has 1 heterocycles. The molecule has 0 aliphatic carbocycles. The van der Waals surface area contributed by atoms with E-state index in [1.54, 1.807) is 23.0 Å². The quantitative estimate of drug-likeness (QED) is 0.892. The second-order valence-corrected chi connectivity index (χ2v) is 6.45. The Morgan fingerprint density at radius 2 is 1.95 bits per heavy atom. The Kier molecular flexibility index (Phi) is 3.68. The van der Waals surface area contributed by atoms with E-state index >= 15 is 0 Å². The number of hydrogen-bond acceptors (Lipinski definition) is 5. The van der Waals surface area contributed by atoms with E-state index in [1.807, 2.05) is 6.92 Å². The van der Waals surface area contributed by atoms with Crippen molar-refractivity contribution in [3.8, 4) is 0 Å².